The molecular weight excluding hydrogens is 367 g/mol. The Hall–Kier alpha value is -2.06. The van der Waals surface area contributed by atoms with Crippen molar-refractivity contribution in [1.82, 2.24) is 24.6 Å². The second-order valence-corrected chi connectivity index (χ2v) is 6.72. The molecular formula is C17H19ClF3N5. The van der Waals surface area contributed by atoms with Gasteiger partial charge in [-0.25, -0.2) is 4.98 Å². The third-order valence-corrected chi connectivity index (χ3v) is 4.82. The Labute approximate surface area is 153 Å². The van der Waals surface area contributed by atoms with Crippen LogP contribution in [0.25, 0.3) is 11.0 Å². The van der Waals surface area contributed by atoms with E-state index in [4.69, 9.17) is 11.6 Å². The van der Waals surface area contributed by atoms with Crippen LogP contribution in [0.15, 0.2) is 18.2 Å². The largest absolute Gasteiger partial charge is 0.408 e. The maximum absolute atomic E-state index is 13.7. The Morgan fingerprint density at radius 2 is 1.92 bits per heavy atom. The van der Waals surface area contributed by atoms with Gasteiger partial charge in [-0.15, -0.1) is 0 Å². The first kappa shape index (κ1) is 18.7. The number of aromatic nitrogens is 4. The van der Waals surface area contributed by atoms with E-state index in [1.54, 1.807) is 50.7 Å². The number of alkyl halides is 3. The van der Waals surface area contributed by atoms with E-state index < -0.39 is 12.2 Å². The van der Waals surface area contributed by atoms with Crippen molar-refractivity contribution < 1.29 is 13.2 Å². The van der Waals surface area contributed by atoms with E-state index in [9.17, 15) is 13.2 Å². The molecule has 3 rings (SSSR count). The summed E-state index contributed by atoms with van der Waals surface area (Å²) in [6.45, 7) is 3.17. The minimum atomic E-state index is -4.45. The SMILES string of the molecule is Cc1nn(C)c(C)c1[C@@H](NCc1nc2cc(Cl)ccc2n1C)C(F)(F)F. The zero-order chi connectivity index (χ0) is 19.2. The third-order valence-electron chi connectivity index (χ3n) is 4.58. The van der Waals surface area contributed by atoms with Crippen LogP contribution in [0.3, 0.4) is 0 Å². The highest BCUT2D eigenvalue weighted by Gasteiger charge is 2.43. The van der Waals surface area contributed by atoms with Crippen LogP contribution in [0.2, 0.25) is 5.02 Å². The number of halogens is 4. The number of imidazole rings is 1. The highest BCUT2D eigenvalue weighted by molar-refractivity contribution is 6.31. The molecule has 26 heavy (non-hydrogen) atoms. The van der Waals surface area contributed by atoms with Crippen LogP contribution in [0.1, 0.15) is 28.8 Å². The molecule has 0 aliphatic heterocycles. The molecule has 5 nitrogen and oxygen atoms in total. The van der Waals surface area contributed by atoms with Crippen LogP contribution in [0.4, 0.5) is 13.2 Å². The standard InChI is InChI=1S/C17H19ClF3N5/c1-9-15(10(2)26(4)24-9)16(17(19,20)21)22-8-14-23-12-7-11(18)5-6-13(12)25(14)3/h5-7,16,22H,8H2,1-4H3/t16-/m1/s1. The summed E-state index contributed by atoms with van der Waals surface area (Å²) in [6, 6.07) is 3.39. The van der Waals surface area contributed by atoms with Crippen molar-refractivity contribution in [1.29, 1.82) is 0 Å². The van der Waals surface area contributed by atoms with Crippen molar-refractivity contribution in [2.45, 2.75) is 32.6 Å². The number of fused-ring (bicyclic) bond motifs is 1. The number of hydrogen-bond acceptors (Lipinski definition) is 3. The molecule has 2 heterocycles. The molecule has 1 N–H and O–H groups in total. The molecule has 0 aliphatic rings. The van der Waals surface area contributed by atoms with Crippen LogP contribution in [-0.2, 0) is 20.6 Å². The summed E-state index contributed by atoms with van der Waals surface area (Å²) in [6.07, 6.45) is -4.45. The summed E-state index contributed by atoms with van der Waals surface area (Å²) in [5.41, 5.74) is 2.45. The van der Waals surface area contributed by atoms with Crippen molar-refractivity contribution in [2.75, 3.05) is 0 Å². The quantitative estimate of drug-likeness (QED) is 0.739. The Balaban J connectivity index is 1.93. The second kappa shape index (κ2) is 6.59. The normalized spacial score (nSPS) is 13.5. The van der Waals surface area contributed by atoms with Crippen molar-refractivity contribution >= 4 is 22.6 Å². The van der Waals surface area contributed by atoms with E-state index in [0.29, 0.717) is 27.8 Å². The fraction of sp³-hybridized carbons (Fsp3) is 0.412. The highest BCUT2D eigenvalue weighted by atomic mass is 35.5. The molecule has 1 atom stereocenters. The van der Waals surface area contributed by atoms with Gasteiger partial charge in [0.2, 0.25) is 0 Å². The van der Waals surface area contributed by atoms with E-state index in [1.807, 2.05) is 0 Å². The van der Waals surface area contributed by atoms with Gasteiger partial charge in [-0.05, 0) is 32.0 Å². The summed E-state index contributed by atoms with van der Waals surface area (Å²) >= 11 is 5.96. The minimum Gasteiger partial charge on any atom is -0.330 e. The van der Waals surface area contributed by atoms with Gasteiger partial charge < -0.3 is 4.57 Å². The van der Waals surface area contributed by atoms with Crippen LogP contribution >= 0.6 is 11.6 Å². The number of hydrogen-bond donors (Lipinski definition) is 1. The second-order valence-electron chi connectivity index (χ2n) is 6.28. The first-order valence-corrected chi connectivity index (χ1v) is 8.38. The lowest BCUT2D eigenvalue weighted by molar-refractivity contribution is -0.158. The molecule has 0 aliphatic carbocycles. The lowest BCUT2D eigenvalue weighted by atomic mass is 10.0. The summed E-state index contributed by atoms with van der Waals surface area (Å²) in [5, 5.41) is 7.24. The molecule has 1 aromatic carbocycles. The average molecular weight is 386 g/mol. The molecule has 0 unspecified atom stereocenters. The van der Waals surface area contributed by atoms with Gasteiger partial charge in [-0.1, -0.05) is 11.6 Å². The van der Waals surface area contributed by atoms with Crippen LogP contribution in [0, 0.1) is 13.8 Å². The van der Waals surface area contributed by atoms with E-state index in [0.717, 1.165) is 5.52 Å². The van der Waals surface area contributed by atoms with Gasteiger partial charge in [0, 0.05) is 30.4 Å². The number of nitrogens with zero attached hydrogens (tertiary/aromatic N) is 4. The number of benzene rings is 1. The van der Waals surface area contributed by atoms with E-state index in [-0.39, 0.29) is 12.1 Å². The lowest BCUT2D eigenvalue weighted by Gasteiger charge is -2.22. The highest BCUT2D eigenvalue weighted by Crippen LogP contribution is 2.36. The molecule has 0 bridgehead atoms. The van der Waals surface area contributed by atoms with Gasteiger partial charge in [-0.2, -0.15) is 18.3 Å². The van der Waals surface area contributed by atoms with E-state index in [1.165, 1.54) is 4.68 Å². The number of aryl methyl sites for hydroxylation is 3. The monoisotopic (exact) mass is 385 g/mol. The van der Waals surface area contributed by atoms with E-state index >= 15 is 0 Å². The zero-order valence-electron chi connectivity index (χ0n) is 14.8. The van der Waals surface area contributed by atoms with Crippen LogP contribution in [-0.4, -0.2) is 25.5 Å². The average Bonchev–Trinajstić information content (AvgIpc) is 2.97. The predicted octanol–water partition coefficient (Wildman–Crippen LogP) is 3.97. The molecule has 0 radical (unpaired) electrons. The fourth-order valence-corrected chi connectivity index (χ4v) is 3.33. The maximum Gasteiger partial charge on any atom is 0.408 e. The first-order valence-electron chi connectivity index (χ1n) is 8.00. The maximum atomic E-state index is 13.7. The van der Waals surface area contributed by atoms with Gasteiger partial charge in [0.05, 0.1) is 23.3 Å². The Bertz CT molecular complexity index is 958. The summed E-state index contributed by atoms with van der Waals surface area (Å²) in [7, 11) is 3.40. The van der Waals surface area contributed by atoms with Crippen molar-refractivity contribution in [3.63, 3.8) is 0 Å². The summed E-state index contributed by atoms with van der Waals surface area (Å²) < 4.78 is 44.3. The molecule has 0 fully saturated rings. The molecule has 140 valence electrons. The number of rotatable bonds is 4. The van der Waals surface area contributed by atoms with Gasteiger partial charge in [0.25, 0.3) is 0 Å². The molecule has 2 aromatic heterocycles. The van der Waals surface area contributed by atoms with Crippen molar-refractivity contribution in [3.05, 3.63) is 46.0 Å². The Morgan fingerprint density at radius 3 is 2.50 bits per heavy atom. The molecule has 0 amide bonds. The Morgan fingerprint density at radius 1 is 1.23 bits per heavy atom. The van der Waals surface area contributed by atoms with Gasteiger partial charge >= 0.3 is 6.18 Å². The fourth-order valence-electron chi connectivity index (χ4n) is 3.16. The van der Waals surface area contributed by atoms with Crippen LogP contribution in [0.5, 0.6) is 0 Å². The van der Waals surface area contributed by atoms with Gasteiger partial charge in [0.1, 0.15) is 11.9 Å². The Kier molecular flexibility index (Phi) is 4.74. The van der Waals surface area contributed by atoms with Crippen molar-refractivity contribution in [3.8, 4) is 0 Å². The predicted molar refractivity (Wildman–Crippen MR) is 94.0 cm³/mol. The third kappa shape index (κ3) is 3.31. The van der Waals surface area contributed by atoms with Crippen LogP contribution < -0.4 is 5.32 Å². The molecule has 3 aromatic rings. The lowest BCUT2D eigenvalue weighted by Crippen LogP contribution is -2.35. The molecule has 0 saturated carbocycles. The summed E-state index contributed by atoms with van der Waals surface area (Å²) in [4.78, 5) is 4.40. The first-order chi connectivity index (χ1) is 12.1. The summed E-state index contributed by atoms with van der Waals surface area (Å²) in [5.74, 6) is 0.496. The number of nitrogens with one attached hydrogen (secondary N) is 1. The van der Waals surface area contributed by atoms with Gasteiger partial charge in [0.15, 0.2) is 0 Å². The topological polar surface area (TPSA) is 47.7 Å². The van der Waals surface area contributed by atoms with Gasteiger partial charge in [-0.3, -0.25) is 10.00 Å². The molecule has 9 heteroatoms. The molecule has 0 saturated heterocycles. The smallest absolute Gasteiger partial charge is 0.330 e. The van der Waals surface area contributed by atoms with E-state index in [2.05, 4.69) is 15.4 Å². The zero-order valence-corrected chi connectivity index (χ0v) is 15.6. The minimum absolute atomic E-state index is 0.0409. The van der Waals surface area contributed by atoms with Crippen molar-refractivity contribution in [2.24, 2.45) is 14.1 Å². The molecule has 0 spiro atoms.